The lowest BCUT2D eigenvalue weighted by Gasteiger charge is -2.31. The molecule has 1 aliphatic rings. The molecule has 21 heavy (non-hydrogen) atoms. The SMILES string of the molecule is CCCC1CCN(C(=O)c2cc(O)ccc2[N+](=O)[O-])CC1. The Morgan fingerprint density at radius 3 is 2.67 bits per heavy atom. The van der Waals surface area contributed by atoms with Crippen LogP contribution in [0.15, 0.2) is 18.2 Å². The highest BCUT2D eigenvalue weighted by atomic mass is 16.6. The number of carbonyl (C=O) groups is 1. The summed E-state index contributed by atoms with van der Waals surface area (Å²) < 4.78 is 0. The maximum Gasteiger partial charge on any atom is 0.282 e. The molecule has 0 spiro atoms. The molecule has 0 aliphatic carbocycles. The van der Waals surface area contributed by atoms with E-state index in [0.29, 0.717) is 19.0 Å². The molecule has 1 aromatic carbocycles. The number of hydrogen-bond acceptors (Lipinski definition) is 4. The molecule has 114 valence electrons. The molecule has 0 aromatic heterocycles. The fourth-order valence-corrected chi connectivity index (χ4v) is 2.86. The minimum atomic E-state index is -0.587. The van der Waals surface area contributed by atoms with Gasteiger partial charge in [0, 0.05) is 19.2 Å². The van der Waals surface area contributed by atoms with E-state index in [2.05, 4.69) is 6.92 Å². The predicted octanol–water partition coefficient (Wildman–Crippen LogP) is 2.95. The van der Waals surface area contributed by atoms with E-state index in [1.807, 2.05) is 0 Å². The number of nitro groups is 1. The lowest BCUT2D eigenvalue weighted by Crippen LogP contribution is -2.38. The lowest BCUT2D eigenvalue weighted by atomic mass is 9.92. The number of benzene rings is 1. The molecule has 0 unspecified atom stereocenters. The highest BCUT2D eigenvalue weighted by Gasteiger charge is 2.28. The number of amides is 1. The van der Waals surface area contributed by atoms with E-state index in [1.54, 1.807) is 4.90 Å². The highest BCUT2D eigenvalue weighted by Crippen LogP contribution is 2.27. The molecule has 1 amide bonds. The number of nitro benzene ring substituents is 1. The third-order valence-corrected chi connectivity index (χ3v) is 4.01. The maximum absolute atomic E-state index is 12.5. The number of phenolic OH excluding ortho intramolecular Hbond substituents is 1. The van der Waals surface area contributed by atoms with Crippen LogP contribution in [0.2, 0.25) is 0 Å². The summed E-state index contributed by atoms with van der Waals surface area (Å²) in [5.74, 6) is 0.135. The molecule has 0 saturated carbocycles. The maximum atomic E-state index is 12.5. The molecule has 1 saturated heterocycles. The van der Waals surface area contributed by atoms with Crippen molar-refractivity contribution in [1.29, 1.82) is 0 Å². The monoisotopic (exact) mass is 292 g/mol. The van der Waals surface area contributed by atoms with Gasteiger partial charge >= 0.3 is 0 Å². The molecular weight excluding hydrogens is 272 g/mol. The Morgan fingerprint density at radius 1 is 1.43 bits per heavy atom. The largest absolute Gasteiger partial charge is 0.508 e. The van der Waals surface area contributed by atoms with Gasteiger partial charge in [-0.05, 0) is 30.9 Å². The molecule has 1 fully saturated rings. The van der Waals surface area contributed by atoms with E-state index in [1.165, 1.54) is 18.2 Å². The molecule has 1 aromatic rings. The second kappa shape index (κ2) is 6.56. The Balaban J connectivity index is 2.14. The third-order valence-electron chi connectivity index (χ3n) is 4.01. The van der Waals surface area contributed by atoms with E-state index in [9.17, 15) is 20.0 Å². The first kappa shape index (κ1) is 15.3. The van der Waals surface area contributed by atoms with Crippen molar-refractivity contribution >= 4 is 11.6 Å². The number of nitrogens with zero attached hydrogens (tertiary/aromatic N) is 2. The van der Waals surface area contributed by atoms with Crippen LogP contribution in [0, 0.1) is 16.0 Å². The summed E-state index contributed by atoms with van der Waals surface area (Å²) >= 11 is 0. The summed E-state index contributed by atoms with van der Waals surface area (Å²) in [6.07, 6.45) is 4.17. The number of aromatic hydroxyl groups is 1. The van der Waals surface area contributed by atoms with Crippen LogP contribution < -0.4 is 0 Å². The fourth-order valence-electron chi connectivity index (χ4n) is 2.86. The standard InChI is InChI=1S/C15H20N2O4/c1-2-3-11-6-8-16(9-7-11)15(19)13-10-12(18)4-5-14(13)17(20)21/h4-5,10-11,18H,2-3,6-9H2,1H3. The quantitative estimate of drug-likeness (QED) is 0.683. The van der Waals surface area contributed by atoms with E-state index in [4.69, 9.17) is 0 Å². The van der Waals surface area contributed by atoms with Crippen LogP contribution in [0.25, 0.3) is 0 Å². The van der Waals surface area contributed by atoms with Gasteiger partial charge in [0.1, 0.15) is 11.3 Å². The number of rotatable bonds is 4. The average molecular weight is 292 g/mol. The minimum absolute atomic E-state index is 0.0334. The van der Waals surface area contributed by atoms with Crippen molar-refractivity contribution in [2.45, 2.75) is 32.6 Å². The molecule has 1 N–H and O–H groups in total. The number of carbonyl (C=O) groups excluding carboxylic acids is 1. The number of phenols is 1. The van der Waals surface area contributed by atoms with Gasteiger partial charge in [-0.15, -0.1) is 0 Å². The van der Waals surface area contributed by atoms with Crippen molar-refractivity contribution in [3.8, 4) is 5.75 Å². The Labute approximate surface area is 123 Å². The second-order valence-electron chi connectivity index (χ2n) is 5.48. The predicted molar refractivity (Wildman–Crippen MR) is 78.3 cm³/mol. The molecule has 0 atom stereocenters. The van der Waals surface area contributed by atoms with Crippen LogP contribution in [0.5, 0.6) is 5.75 Å². The first-order chi connectivity index (χ1) is 10.0. The van der Waals surface area contributed by atoms with Crippen molar-refractivity contribution in [1.82, 2.24) is 4.90 Å². The van der Waals surface area contributed by atoms with Crippen LogP contribution in [0.1, 0.15) is 43.0 Å². The summed E-state index contributed by atoms with van der Waals surface area (Å²) in [6, 6.07) is 3.58. The van der Waals surface area contributed by atoms with Crippen LogP contribution in [0.4, 0.5) is 5.69 Å². The smallest absolute Gasteiger partial charge is 0.282 e. The summed E-state index contributed by atoms with van der Waals surface area (Å²) in [6.45, 7) is 3.39. The van der Waals surface area contributed by atoms with Crippen molar-refractivity contribution in [3.05, 3.63) is 33.9 Å². The Kier molecular flexibility index (Phi) is 4.77. The van der Waals surface area contributed by atoms with E-state index in [0.717, 1.165) is 25.7 Å². The first-order valence-electron chi connectivity index (χ1n) is 7.29. The Morgan fingerprint density at radius 2 is 2.10 bits per heavy atom. The van der Waals surface area contributed by atoms with Gasteiger partial charge in [-0.3, -0.25) is 14.9 Å². The molecule has 1 aliphatic heterocycles. The molecule has 0 bridgehead atoms. The normalized spacial score (nSPS) is 16.0. The Bertz CT molecular complexity index is 536. The average Bonchev–Trinajstić information content (AvgIpc) is 2.47. The first-order valence-corrected chi connectivity index (χ1v) is 7.29. The number of piperidine rings is 1. The highest BCUT2D eigenvalue weighted by molar-refractivity contribution is 5.98. The van der Waals surface area contributed by atoms with Gasteiger partial charge in [-0.25, -0.2) is 0 Å². The molecular formula is C15H20N2O4. The number of hydrogen-bond donors (Lipinski definition) is 1. The molecule has 2 rings (SSSR count). The van der Waals surface area contributed by atoms with Gasteiger partial charge in [-0.2, -0.15) is 0 Å². The molecule has 6 nitrogen and oxygen atoms in total. The van der Waals surface area contributed by atoms with Crippen molar-refractivity contribution in [2.24, 2.45) is 5.92 Å². The zero-order valence-electron chi connectivity index (χ0n) is 12.1. The fraction of sp³-hybridized carbons (Fsp3) is 0.533. The van der Waals surface area contributed by atoms with Crippen LogP contribution >= 0.6 is 0 Å². The van der Waals surface area contributed by atoms with E-state index >= 15 is 0 Å². The second-order valence-corrected chi connectivity index (χ2v) is 5.48. The van der Waals surface area contributed by atoms with Crippen LogP contribution in [-0.4, -0.2) is 33.9 Å². The topological polar surface area (TPSA) is 83.7 Å². The van der Waals surface area contributed by atoms with Crippen molar-refractivity contribution in [2.75, 3.05) is 13.1 Å². The zero-order valence-corrected chi connectivity index (χ0v) is 12.1. The molecule has 1 heterocycles. The van der Waals surface area contributed by atoms with Gasteiger partial charge in [-0.1, -0.05) is 19.8 Å². The van der Waals surface area contributed by atoms with Gasteiger partial charge < -0.3 is 10.0 Å². The minimum Gasteiger partial charge on any atom is -0.508 e. The van der Waals surface area contributed by atoms with E-state index in [-0.39, 0.29) is 22.9 Å². The summed E-state index contributed by atoms with van der Waals surface area (Å²) in [7, 11) is 0. The van der Waals surface area contributed by atoms with Gasteiger partial charge in [0.15, 0.2) is 0 Å². The van der Waals surface area contributed by atoms with Crippen LogP contribution in [-0.2, 0) is 0 Å². The van der Waals surface area contributed by atoms with Crippen molar-refractivity contribution < 1.29 is 14.8 Å². The summed E-state index contributed by atoms with van der Waals surface area (Å²) in [5, 5.41) is 20.5. The molecule has 6 heteroatoms. The zero-order chi connectivity index (χ0) is 15.4. The van der Waals surface area contributed by atoms with Gasteiger partial charge in [0.2, 0.25) is 0 Å². The summed E-state index contributed by atoms with van der Waals surface area (Å²) in [5.41, 5.74) is -0.289. The Hall–Kier alpha value is -2.11. The van der Waals surface area contributed by atoms with Gasteiger partial charge in [0.25, 0.3) is 11.6 Å². The lowest BCUT2D eigenvalue weighted by molar-refractivity contribution is -0.385. The number of likely N-dealkylation sites (tertiary alicyclic amines) is 1. The third kappa shape index (κ3) is 3.51. The van der Waals surface area contributed by atoms with Crippen LogP contribution in [0.3, 0.4) is 0 Å². The van der Waals surface area contributed by atoms with E-state index < -0.39 is 4.92 Å². The summed E-state index contributed by atoms with van der Waals surface area (Å²) in [4.78, 5) is 24.5. The van der Waals surface area contributed by atoms with Crippen molar-refractivity contribution in [3.63, 3.8) is 0 Å². The molecule has 0 radical (unpaired) electrons. The van der Waals surface area contributed by atoms with Gasteiger partial charge in [0.05, 0.1) is 4.92 Å².